The first-order valence-corrected chi connectivity index (χ1v) is 9.34. The van der Waals surface area contributed by atoms with Gasteiger partial charge in [0.1, 0.15) is 6.04 Å². The molecule has 1 unspecified atom stereocenters. The van der Waals surface area contributed by atoms with E-state index in [1.165, 1.54) is 18.4 Å². The van der Waals surface area contributed by atoms with E-state index in [0.29, 0.717) is 17.1 Å². The van der Waals surface area contributed by atoms with Crippen LogP contribution in [0.15, 0.2) is 41.8 Å². The molecular weight excluding hydrogens is 366 g/mol. The van der Waals surface area contributed by atoms with Crippen LogP contribution in [0.2, 0.25) is 0 Å². The Balaban J connectivity index is 1.91. The van der Waals surface area contributed by atoms with E-state index in [1.807, 2.05) is 19.2 Å². The highest BCUT2D eigenvalue weighted by Crippen LogP contribution is 2.12. The van der Waals surface area contributed by atoms with E-state index >= 15 is 0 Å². The summed E-state index contributed by atoms with van der Waals surface area (Å²) in [7, 11) is 1.29. The van der Waals surface area contributed by atoms with Gasteiger partial charge < -0.3 is 15.4 Å². The molecule has 0 aliphatic rings. The smallest absolute Gasteiger partial charge is 0.411 e. The summed E-state index contributed by atoms with van der Waals surface area (Å²) in [6, 6.07) is 9.91. The van der Waals surface area contributed by atoms with Gasteiger partial charge in [-0.25, -0.2) is 4.79 Å². The van der Waals surface area contributed by atoms with Crippen molar-refractivity contribution in [3.8, 4) is 0 Å². The lowest BCUT2D eigenvalue weighted by Gasteiger charge is -2.21. The highest BCUT2D eigenvalue weighted by atomic mass is 32.1. The second kappa shape index (κ2) is 9.72. The normalized spacial score (nSPS) is 11.6. The van der Waals surface area contributed by atoms with Crippen molar-refractivity contribution < 1.29 is 19.1 Å². The van der Waals surface area contributed by atoms with E-state index in [0.717, 1.165) is 5.56 Å². The molecule has 0 saturated heterocycles. The monoisotopic (exact) mass is 389 g/mol. The fraction of sp³-hybridized carbons (Fsp3) is 0.316. The lowest BCUT2D eigenvalue weighted by atomic mass is 10.0. The molecule has 3 N–H and O–H groups in total. The number of rotatable bonds is 7. The van der Waals surface area contributed by atoms with Gasteiger partial charge in [0.25, 0.3) is 5.91 Å². The number of amides is 3. The molecule has 0 spiro atoms. The first kappa shape index (κ1) is 20.4. The van der Waals surface area contributed by atoms with Crippen molar-refractivity contribution in [3.63, 3.8) is 0 Å². The number of benzene rings is 1. The molecule has 0 aliphatic carbocycles. The molecule has 0 bridgehead atoms. The fourth-order valence-electron chi connectivity index (χ4n) is 2.33. The SMILES string of the molecule is COC(=O)Nc1ccc(CNC(=O)C(NC(=O)c2cccs2)C(C)C)cc1. The number of hydrogen-bond acceptors (Lipinski definition) is 5. The van der Waals surface area contributed by atoms with Crippen molar-refractivity contribution in [1.29, 1.82) is 0 Å². The van der Waals surface area contributed by atoms with Gasteiger partial charge >= 0.3 is 6.09 Å². The third kappa shape index (κ3) is 6.10. The molecule has 0 radical (unpaired) electrons. The van der Waals surface area contributed by atoms with E-state index in [1.54, 1.807) is 36.4 Å². The minimum Gasteiger partial charge on any atom is -0.453 e. The molecular formula is C19H23N3O4S. The van der Waals surface area contributed by atoms with Crippen molar-refractivity contribution in [2.24, 2.45) is 5.92 Å². The van der Waals surface area contributed by atoms with Crippen molar-refractivity contribution in [1.82, 2.24) is 10.6 Å². The van der Waals surface area contributed by atoms with Gasteiger partial charge in [-0.2, -0.15) is 0 Å². The van der Waals surface area contributed by atoms with Crippen LogP contribution in [-0.2, 0) is 16.1 Å². The van der Waals surface area contributed by atoms with Gasteiger partial charge in [-0.1, -0.05) is 32.0 Å². The van der Waals surface area contributed by atoms with Crippen molar-refractivity contribution in [3.05, 3.63) is 52.2 Å². The average Bonchev–Trinajstić information content (AvgIpc) is 3.19. The summed E-state index contributed by atoms with van der Waals surface area (Å²) in [5.74, 6) is -0.552. The molecule has 0 aliphatic heterocycles. The second-order valence-corrected chi connectivity index (χ2v) is 7.15. The number of carbonyl (C=O) groups is 3. The fourth-order valence-corrected chi connectivity index (χ4v) is 2.96. The van der Waals surface area contributed by atoms with Crippen LogP contribution in [-0.4, -0.2) is 31.1 Å². The summed E-state index contributed by atoms with van der Waals surface area (Å²) in [5, 5.41) is 10.0. The van der Waals surface area contributed by atoms with Crippen molar-refractivity contribution >= 4 is 34.9 Å². The van der Waals surface area contributed by atoms with Crippen LogP contribution < -0.4 is 16.0 Å². The zero-order valence-electron chi connectivity index (χ0n) is 15.4. The molecule has 1 aromatic heterocycles. The van der Waals surface area contributed by atoms with Crippen LogP contribution in [0.5, 0.6) is 0 Å². The molecule has 0 saturated carbocycles. The Morgan fingerprint density at radius 1 is 1.11 bits per heavy atom. The summed E-state index contributed by atoms with van der Waals surface area (Å²) in [6.45, 7) is 4.08. The van der Waals surface area contributed by atoms with Gasteiger partial charge in [-0.15, -0.1) is 11.3 Å². The van der Waals surface area contributed by atoms with Gasteiger partial charge in [-0.3, -0.25) is 14.9 Å². The molecule has 0 fully saturated rings. The quantitative estimate of drug-likeness (QED) is 0.678. The van der Waals surface area contributed by atoms with Crippen LogP contribution >= 0.6 is 11.3 Å². The maximum absolute atomic E-state index is 12.5. The molecule has 1 atom stereocenters. The Kier molecular flexibility index (Phi) is 7.36. The minimum absolute atomic E-state index is 0.0551. The van der Waals surface area contributed by atoms with Crippen molar-refractivity contribution in [2.75, 3.05) is 12.4 Å². The maximum Gasteiger partial charge on any atom is 0.411 e. The highest BCUT2D eigenvalue weighted by Gasteiger charge is 2.24. The first-order valence-electron chi connectivity index (χ1n) is 8.46. The van der Waals surface area contributed by atoms with Crippen LogP contribution in [0, 0.1) is 5.92 Å². The van der Waals surface area contributed by atoms with Crippen LogP contribution in [0.1, 0.15) is 29.1 Å². The van der Waals surface area contributed by atoms with E-state index in [9.17, 15) is 14.4 Å². The number of nitrogens with one attached hydrogen (secondary N) is 3. The molecule has 1 heterocycles. The molecule has 27 heavy (non-hydrogen) atoms. The number of carbonyl (C=O) groups excluding carboxylic acids is 3. The third-order valence-corrected chi connectivity index (χ3v) is 4.70. The van der Waals surface area contributed by atoms with Gasteiger partial charge in [0.05, 0.1) is 12.0 Å². The molecule has 1 aromatic carbocycles. The Bertz CT molecular complexity index is 773. The average molecular weight is 389 g/mol. The Hall–Kier alpha value is -2.87. The van der Waals surface area contributed by atoms with E-state index in [4.69, 9.17) is 0 Å². The summed E-state index contributed by atoms with van der Waals surface area (Å²) >= 11 is 1.33. The summed E-state index contributed by atoms with van der Waals surface area (Å²) < 4.78 is 4.53. The molecule has 2 aromatic rings. The Morgan fingerprint density at radius 2 is 1.81 bits per heavy atom. The highest BCUT2D eigenvalue weighted by molar-refractivity contribution is 7.12. The standard InChI is InChI=1S/C19H23N3O4S/c1-12(2)16(22-17(23)15-5-4-10-27-15)18(24)20-11-13-6-8-14(9-7-13)21-19(25)26-3/h4-10,12,16H,11H2,1-3H3,(H,20,24)(H,21,25)(H,22,23). The molecule has 3 amide bonds. The Labute approximate surface area is 162 Å². The number of methoxy groups -OCH3 is 1. The number of thiophene rings is 1. The summed E-state index contributed by atoms with van der Waals surface area (Å²) in [4.78, 5) is 36.5. The predicted molar refractivity (Wildman–Crippen MR) is 105 cm³/mol. The molecule has 144 valence electrons. The topological polar surface area (TPSA) is 96.5 Å². The number of anilines is 1. The van der Waals surface area contributed by atoms with Crippen LogP contribution in [0.3, 0.4) is 0 Å². The second-order valence-electron chi connectivity index (χ2n) is 6.20. The number of ether oxygens (including phenoxy) is 1. The minimum atomic E-state index is -0.625. The lowest BCUT2D eigenvalue weighted by Crippen LogP contribution is -2.49. The van der Waals surface area contributed by atoms with Gasteiger partial charge in [-0.05, 0) is 35.1 Å². The van der Waals surface area contributed by atoms with Gasteiger partial charge in [0.15, 0.2) is 0 Å². The maximum atomic E-state index is 12.5. The molecule has 2 rings (SSSR count). The van der Waals surface area contributed by atoms with E-state index in [-0.39, 0.29) is 17.7 Å². The summed E-state index contributed by atoms with van der Waals surface area (Å²) in [5.41, 5.74) is 1.46. The van der Waals surface area contributed by atoms with Crippen molar-refractivity contribution in [2.45, 2.75) is 26.4 Å². The van der Waals surface area contributed by atoms with Gasteiger partial charge in [0, 0.05) is 12.2 Å². The van der Waals surface area contributed by atoms with E-state index in [2.05, 4.69) is 20.7 Å². The van der Waals surface area contributed by atoms with Gasteiger partial charge in [0.2, 0.25) is 5.91 Å². The zero-order valence-corrected chi connectivity index (χ0v) is 16.3. The predicted octanol–water partition coefficient (Wildman–Crippen LogP) is 3.00. The largest absolute Gasteiger partial charge is 0.453 e. The van der Waals surface area contributed by atoms with Crippen LogP contribution in [0.4, 0.5) is 10.5 Å². The van der Waals surface area contributed by atoms with E-state index < -0.39 is 12.1 Å². The molecule has 8 heteroatoms. The Morgan fingerprint density at radius 3 is 2.37 bits per heavy atom. The summed E-state index contributed by atoms with van der Waals surface area (Å²) in [6.07, 6.45) is -0.544. The zero-order chi connectivity index (χ0) is 19.8. The number of hydrogen-bond donors (Lipinski definition) is 3. The molecule has 7 nitrogen and oxygen atoms in total. The first-order chi connectivity index (χ1) is 12.9. The third-order valence-electron chi connectivity index (χ3n) is 3.83. The lowest BCUT2D eigenvalue weighted by molar-refractivity contribution is -0.124. The van der Waals surface area contributed by atoms with Crippen LogP contribution in [0.25, 0.3) is 0 Å².